The molecule has 118 valence electrons. The molecule has 4 nitrogen and oxygen atoms in total. The maximum atomic E-state index is 14.0. The Morgan fingerprint density at radius 1 is 1.48 bits per heavy atom. The van der Waals surface area contributed by atoms with Crippen LogP contribution in [0.4, 0.5) is 4.39 Å². The van der Waals surface area contributed by atoms with Crippen LogP contribution in [0.1, 0.15) is 36.0 Å². The molecular weight excluding hydrogens is 295 g/mol. The summed E-state index contributed by atoms with van der Waals surface area (Å²) in [5, 5.41) is 0. The molecule has 0 spiro atoms. The summed E-state index contributed by atoms with van der Waals surface area (Å²) in [5.74, 6) is -0.370. The van der Waals surface area contributed by atoms with Crippen LogP contribution < -0.4 is 10.5 Å². The number of carbonyl (C=O) groups is 1. The molecule has 1 unspecified atom stereocenters. The lowest BCUT2D eigenvalue weighted by molar-refractivity contribution is 0.0600. The molecule has 6 heteroatoms. The van der Waals surface area contributed by atoms with Gasteiger partial charge in [0.25, 0.3) is 5.91 Å². The summed E-state index contributed by atoms with van der Waals surface area (Å²) in [7, 11) is 1.47. The summed E-state index contributed by atoms with van der Waals surface area (Å²) in [6.07, 6.45) is 3.77. The Labute approximate surface area is 130 Å². The second-order valence-electron chi connectivity index (χ2n) is 5.07. The zero-order valence-electron chi connectivity index (χ0n) is 12.2. The van der Waals surface area contributed by atoms with E-state index in [2.05, 4.69) is 0 Å². The first kappa shape index (κ1) is 17.7. The van der Waals surface area contributed by atoms with Gasteiger partial charge in [0, 0.05) is 18.7 Å². The van der Waals surface area contributed by atoms with Gasteiger partial charge in [0.2, 0.25) is 0 Å². The molecule has 2 N–H and O–H groups in total. The van der Waals surface area contributed by atoms with E-state index >= 15 is 0 Å². The first-order valence-corrected chi connectivity index (χ1v) is 7.02. The number of amides is 1. The highest BCUT2D eigenvalue weighted by atomic mass is 35.5. The number of carbonyl (C=O) groups excluding carboxylic acids is 1. The molecule has 2 rings (SSSR count). The van der Waals surface area contributed by atoms with Crippen molar-refractivity contribution in [3.8, 4) is 5.75 Å². The van der Waals surface area contributed by atoms with Crippen molar-refractivity contribution in [1.29, 1.82) is 0 Å². The molecule has 0 saturated carbocycles. The number of likely N-dealkylation sites (tertiary alicyclic amines) is 1. The number of nitrogens with two attached hydrogens (primary N) is 1. The number of piperidine rings is 1. The Balaban J connectivity index is 0.00000220. The molecule has 1 aliphatic heterocycles. The van der Waals surface area contributed by atoms with E-state index < -0.39 is 5.82 Å². The van der Waals surface area contributed by atoms with Crippen molar-refractivity contribution in [2.24, 2.45) is 5.73 Å². The SMILES string of the molecule is COc1ccc(C(=O)N2CCCCC2CCN)c(F)c1.Cl. The van der Waals surface area contributed by atoms with Crippen molar-refractivity contribution in [2.75, 3.05) is 20.2 Å². The van der Waals surface area contributed by atoms with E-state index in [-0.39, 0.29) is 29.9 Å². The molecule has 21 heavy (non-hydrogen) atoms. The molecule has 1 aliphatic rings. The third-order valence-corrected chi connectivity index (χ3v) is 3.79. The Morgan fingerprint density at radius 2 is 2.24 bits per heavy atom. The van der Waals surface area contributed by atoms with Crippen molar-refractivity contribution in [3.63, 3.8) is 0 Å². The fourth-order valence-corrected chi connectivity index (χ4v) is 2.71. The molecule has 0 aliphatic carbocycles. The third-order valence-electron chi connectivity index (χ3n) is 3.79. The Kier molecular flexibility index (Phi) is 6.92. The molecule has 1 amide bonds. The first-order chi connectivity index (χ1) is 9.67. The second-order valence-corrected chi connectivity index (χ2v) is 5.07. The number of rotatable bonds is 4. The summed E-state index contributed by atoms with van der Waals surface area (Å²) in [5.41, 5.74) is 5.71. The lowest BCUT2D eigenvalue weighted by atomic mass is 9.98. The van der Waals surface area contributed by atoms with Gasteiger partial charge in [-0.25, -0.2) is 4.39 Å². The Hall–Kier alpha value is -1.33. The fraction of sp³-hybridized carbons (Fsp3) is 0.533. The fourth-order valence-electron chi connectivity index (χ4n) is 2.71. The van der Waals surface area contributed by atoms with Crippen LogP contribution in [-0.4, -0.2) is 37.0 Å². The van der Waals surface area contributed by atoms with E-state index in [0.29, 0.717) is 18.8 Å². The van der Waals surface area contributed by atoms with Crippen LogP contribution in [0, 0.1) is 5.82 Å². The van der Waals surface area contributed by atoms with Gasteiger partial charge < -0.3 is 15.4 Å². The average Bonchev–Trinajstić information content (AvgIpc) is 2.47. The topological polar surface area (TPSA) is 55.6 Å². The number of nitrogens with zero attached hydrogens (tertiary/aromatic N) is 1. The number of halogens is 2. The Bertz CT molecular complexity index is 483. The molecule has 1 aromatic carbocycles. The van der Waals surface area contributed by atoms with E-state index in [1.165, 1.54) is 19.2 Å². The van der Waals surface area contributed by atoms with Crippen LogP contribution in [0.3, 0.4) is 0 Å². The van der Waals surface area contributed by atoms with Crippen LogP contribution in [0.5, 0.6) is 5.75 Å². The van der Waals surface area contributed by atoms with Crippen LogP contribution in [0.25, 0.3) is 0 Å². The number of methoxy groups -OCH3 is 1. The first-order valence-electron chi connectivity index (χ1n) is 7.02. The zero-order chi connectivity index (χ0) is 14.5. The zero-order valence-corrected chi connectivity index (χ0v) is 13.0. The predicted octanol–water partition coefficient (Wildman–Crippen LogP) is 2.60. The van der Waals surface area contributed by atoms with Gasteiger partial charge in [0.15, 0.2) is 0 Å². The van der Waals surface area contributed by atoms with E-state index in [9.17, 15) is 9.18 Å². The summed E-state index contributed by atoms with van der Waals surface area (Å²) in [6, 6.07) is 4.47. The molecule has 1 aromatic rings. The molecule has 1 heterocycles. The maximum absolute atomic E-state index is 14.0. The van der Waals surface area contributed by atoms with Crippen molar-refractivity contribution < 1.29 is 13.9 Å². The van der Waals surface area contributed by atoms with Gasteiger partial charge in [0.05, 0.1) is 12.7 Å². The van der Waals surface area contributed by atoms with E-state index in [0.717, 1.165) is 25.7 Å². The lowest BCUT2D eigenvalue weighted by Gasteiger charge is -2.35. The summed E-state index contributed by atoms with van der Waals surface area (Å²) in [4.78, 5) is 14.3. The van der Waals surface area contributed by atoms with Crippen LogP contribution in [0.2, 0.25) is 0 Å². The minimum Gasteiger partial charge on any atom is -0.497 e. The third kappa shape index (κ3) is 4.08. The molecule has 1 atom stereocenters. The lowest BCUT2D eigenvalue weighted by Crippen LogP contribution is -2.44. The molecule has 1 fully saturated rings. The Morgan fingerprint density at radius 3 is 2.86 bits per heavy atom. The molecular formula is C15H22ClFN2O2. The van der Waals surface area contributed by atoms with Crippen molar-refractivity contribution in [1.82, 2.24) is 4.90 Å². The van der Waals surface area contributed by atoms with Gasteiger partial charge in [0.1, 0.15) is 11.6 Å². The highest BCUT2D eigenvalue weighted by Gasteiger charge is 2.28. The minimum absolute atomic E-state index is 0. The van der Waals surface area contributed by atoms with Crippen molar-refractivity contribution in [3.05, 3.63) is 29.6 Å². The summed E-state index contributed by atoms with van der Waals surface area (Å²) >= 11 is 0. The van der Waals surface area contributed by atoms with Crippen LogP contribution in [0.15, 0.2) is 18.2 Å². The van der Waals surface area contributed by atoms with Gasteiger partial charge >= 0.3 is 0 Å². The molecule has 1 saturated heterocycles. The van der Waals surface area contributed by atoms with Gasteiger partial charge in [-0.3, -0.25) is 4.79 Å². The van der Waals surface area contributed by atoms with Gasteiger partial charge in [-0.1, -0.05) is 0 Å². The van der Waals surface area contributed by atoms with Crippen LogP contribution in [-0.2, 0) is 0 Å². The molecule has 0 aromatic heterocycles. The monoisotopic (exact) mass is 316 g/mol. The number of hydrogen-bond acceptors (Lipinski definition) is 3. The summed E-state index contributed by atoms with van der Waals surface area (Å²) < 4.78 is 19.0. The van der Waals surface area contributed by atoms with Crippen molar-refractivity contribution in [2.45, 2.75) is 31.7 Å². The summed E-state index contributed by atoms with van der Waals surface area (Å²) in [6.45, 7) is 1.22. The van der Waals surface area contributed by atoms with Crippen molar-refractivity contribution >= 4 is 18.3 Å². The second kappa shape index (κ2) is 8.20. The number of benzene rings is 1. The van der Waals surface area contributed by atoms with Gasteiger partial charge in [-0.2, -0.15) is 0 Å². The quantitative estimate of drug-likeness (QED) is 0.929. The average molecular weight is 317 g/mol. The van der Waals surface area contributed by atoms with E-state index in [4.69, 9.17) is 10.5 Å². The smallest absolute Gasteiger partial charge is 0.257 e. The number of ether oxygens (including phenoxy) is 1. The van der Waals surface area contributed by atoms with Gasteiger partial charge in [-0.05, 0) is 44.4 Å². The minimum atomic E-state index is -0.536. The molecule has 0 radical (unpaired) electrons. The van der Waals surface area contributed by atoms with Crippen LogP contribution >= 0.6 is 12.4 Å². The maximum Gasteiger partial charge on any atom is 0.257 e. The van der Waals surface area contributed by atoms with Gasteiger partial charge in [-0.15, -0.1) is 12.4 Å². The highest BCUT2D eigenvalue weighted by molar-refractivity contribution is 5.95. The normalized spacial score (nSPS) is 18.0. The van der Waals surface area contributed by atoms with E-state index in [1.807, 2.05) is 0 Å². The number of hydrogen-bond donors (Lipinski definition) is 1. The largest absolute Gasteiger partial charge is 0.497 e. The molecule has 0 bridgehead atoms. The standard InChI is InChI=1S/C15H21FN2O2.ClH/c1-20-12-5-6-13(14(16)10-12)15(19)18-9-3-2-4-11(18)7-8-17;/h5-6,10-11H,2-4,7-9,17H2,1H3;1H. The van der Waals surface area contributed by atoms with E-state index in [1.54, 1.807) is 11.0 Å². The predicted molar refractivity (Wildman–Crippen MR) is 82.5 cm³/mol. The highest BCUT2D eigenvalue weighted by Crippen LogP contribution is 2.24.